The highest BCUT2D eigenvalue weighted by atomic mass is 35.5. The van der Waals surface area contributed by atoms with E-state index in [0.717, 1.165) is 12.8 Å². The molecule has 0 saturated heterocycles. The predicted molar refractivity (Wildman–Crippen MR) is 98.7 cm³/mol. The molecule has 2 rings (SSSR count). The van der Waals surface area contributed by atoms with Crippen molar-refractivity contribution in [2.75, 3.05) is 0 Å². The van der Waals surface area contributed by atoms with Crippen molar-refractivity contribution in [3.05, 3.63) is 60.2 Å². The third-order valence-electron chi connectivity index (χ3n) is 4.70. The number of allylic oxidation sites excluding steroid dienone is 4. The molecule has 2 heteroatoms. The van der Waals surface area contributed by atoms with E-state index in [1.165, 1.54) is 37.7 Å². The predicted octanol–water partition coefficient (Wildman–Crippen LogP) is 6.40. The van der Waals surface area contributed by atoms with Crippen LogP contribution in [-0.4, -0.2) is 5.24 Å². The first-order valence-corrected chi connectivity index (χ1v) is 9.19. The number of benzene rings is 1. The van der Waals surface area contributed by atoms with Gasteiger partial charge in [0.2, 0.25) is 5.24 Å². The molecular weight excluding hydrogens is 304 g/mol. The molecule has 0 atom stereocenters. The second-order valence-electron chi connectivity index (χ2n) is 6.49. The van der Waals surface area contributed by atoms with E-state index in [0.29, 0.717) is 0 Å². The van der Waals surface area contributed by atoms with Crippen molar-refractivity contribution in [3.8, 4) is 0 Å². The zero-order valence-corrected chi connectivity index (χ0v) is 14.8. The molecule has 1 aromatic rings. The van der Waals surface area contributed by atoms with Crippen molar-refractivity contribution in [1.82, 2.24) is 0 Å². The van der Waals surface area contributed by atoms with Gasteiger partial charge in [0.05, 0.1) is 5.41 Å². The summed E-state index contributed by atoms with van der Waals surface area (Å²) < 4.78 is 0. The first kappa shape index (κ1) is 18.0. The van der Waals surface area contributed by atoms with Crippen LogP contribution in [0.25, 0.3) is 0 Å². The molecule has 0 radical (unpaired) electrons. The minimum Gasteiger partial charge on any atom is -0.280 e. The van der Waals surface area contributed by atoms with Gasteiger partial charge in [0.1, 0.15) is 0 Å². The van der Waals surface area contributed by atoms with Gasteiger partial charge < -0.3 is 0 Å². The summed E-state index contributed by atoms with van der Waals surface area (Å²) in [6.45, 7) is 2.22. The molecule has 23 heavy (non-hydrogen) atoms. The first-order chi connectivity index (χ1) is 11.2. The topological polar surface area (TPSA) is 17.1 Å². The highest BCUT2D eigenvalue weighted by Gasteiger charge is 2.33. The maximum absolute atomic E-state index is 12.0. The van der Waals surface area contributed by atoms with Crippen LogP contribution in [0.4, 0.5) is 0 Å². The lowest BCUT2D eigenvalue weighted by atomic mass is 9.77. The Bertz CT molecular complexity index is 530. The highest BCUT2D eigenvalue weighted by molar-refractivity contribution is 6.65. The van der Waals surface area contributed by atoms with Crippen LogP contribution in [-0.2, 0) is 4.79 Å². The number of carbonyl (C=O) groups excluding carboxylic acids is 1. The Labute approximate surface area is 145 Å². The van der Waals surface area contributed by atoms with Crippen LogP contribution in [0.1, 0.15) is 63.4 Å². The number of carbonyl (C=O) groups is 1. The largest absolute Gasteiger partial charge is 0.280 e. The second kappa shape index (κ2) is 9.08. The molecule has 1 aliphatic rings. The van der Waals surface area contributed by atoms with Gasteiger partial charge >= 0.3 is 0 Å². The van der Waals surface area contributed by atoms with Crippen LogP contribution < -0.4 is 0 Å². The third kappa shape index (κ3) is 5.07. The average molecular weight is 331 g/mol. The molecule has 0 amide bonds. The van der Waals surface area contributed by atoms with Crippen molar-refractivity contribution in [3.63, 3.8) is 0 Å². The molecule has 0 saturated carbocycles. The van der Waals surface area contributed by atoms with Crippen LogP contribution in [0.3, 0.4) is 0 Å². The van der Waals surface area contributed by atoms with Gasteiger partial charge in [-0.15, -0.1) is 0 Å². The second-order valence-corrected chi connectivity index (χ2v) is 6.83. The number of unbranched alkanes of at least 4 members (excludes halogenated alkanes) is 5. The van der Waals surface area contributed by atoms with E-state index in [1.807, 2.05) is 30.4 Å². The lowest BCUT2D eigenvalue weighted by molar-refractivity contribution is -0.116. The zero-order chi connectivity index (χ0) is 16.5. The van der Waals surface area contributed by atoms with E-state index < -0.39 is 5.41 Å². The van der Waals surface area contributed by atoms with Gasteiger partial charge in [0, 0.05) is 5.92 Å². The van der Waals surface area contributed by atoms with Crippen LogP contribution >= 0.6 is 11.6 Å². The van der Waals surface area contributed by atoms with Gasteiger partial charge in [0.25, 0.3) is 0 Å². The Hall–Kier alpha value is -1.34. The summed E-state index contributed by atoms with van der Waals surface area (Å²) in [5.74, 6) is 0.241. The summed E-state index contributed by atoms with van der Waals surface area (Å²) in [6, 6.07) is 10.3. The Morgan fingerprint density at radius 3 is 2.22 bits per heavy atom. The van der Waals surface area contributed by atoms with Gasteiger partial charge in [0.15, 0.2) is 0 Å². The van der Waals surface area contributed by atoms with Crippen LogP contribution in [0.15, 0.2) is 54.6 Å². The van der Waals surface area contributed by atoms with Crippen LogP contribution in [0, 0.1) is 5.41 Å². The molecule has 0 aliphatic heterocycles. The Morgan fingerprint density at radius 1 is 1.00 bits per heavy atom. The molecule has 0 unspecified atom stereocenters. The molecule has 0 bridgehead atoms. The summed E-state index contributed by atoms with van der Waals surface area (Å²) in [5, 5.41) is -0.259. The molecule has 0 aromatic heterocycles. The minimum absolute atomic E-state index is 0.241. The fourth-order valence-electron chi connectivity index (χ4n) is 3.16. The fraction of sp³-hybridized carbons (Fsp3) is 0.476. The van der Waals surface area contributed by atoms with Crippen molar-refractivity contribution in [2.24, 2.45) is 5.41 Å². The fourth-order valence-corrected chi connectivity index (χ4v) is 3.38. The normalized spacial score (nSPS) is 23.1. The quantitative estimate of drug-likeness (QED) is 0.291. The molecule has 124 valence electrons. The van der Waals surface area contributed by atoms with Crippen molar-refractivity contribution >= 4 is 16.8 Å². The average Bonchev–Trinajstić information content (AvgIpc) is 2.59. The number of rotatable bonds is 9. The van der Waals surface area contributed by atoms with Gasteiger partial charge in [-0.25, -0.2) is 0 Å². The summed E-state index contributed by atoms with van der Waals surface area (Å²) in [4.78, 5) is 12.0. The lowest BCUT2D eigenvalue weighted by Crippen LogP contribution is -2.25. The number of hydrogen-bond acceptors (Lipinski definition) is 1. The Balaban J connectivity index is 1.93. The molecule has 0 fully saturated rings. The van der Waals surface area contributed by atoms with E-state index >= 15 is 0 Å². The summed E-state index contributed by atoms with van der Waals surface area (Å²) >= 11 is 5.93. The SMILES string of the molecule is CCCCCCCCC1(C(=O)Cl)C=CC(c2ccccc2)C=C1. The third-order valence-corrected chi connectivity index (χ3v) is 5.05. The van der Waals surface area contributed by atoms with Gasteiger partial charge in [-0.2, -0.15) is 0 Å². The molecule has 0 N–H and O–H groups in total. The van der Waals surface area contributed by atoms with Crippen LogP contribution in [0.2, 0.25) is 0 Å². The zero-order valence-electron chi connectivity index (χ0n) is 14.0. The van der Waals surface area contributed by atoms with E-state index in [1.54, 1.807) is 0 Å². The van der Waals surface area contributed by atoms with Gasteiger partial charge in [-0.1, -0.05) is 100 Å². The van der Waals surface area contributed by atoms with Crippen LogP contribution in [0.5, 0.6) is 0 Å². The van der Waals surface area contributed by atoms with Crippen molar-refractivity contribution < 1.29 is 4.79 Å². The molecule has 0 spiro atoms. The standard InChI is InChI=1S/C21H27ClO/c1-2-3-4-5-6-10-15-21(20(22)23)16-13-19(14-17-21)18-11-8-7-9-12-18/h7-9,11-14,16-17,19H,2-6,10,15H2,1H3. The van der Waals surface area contributed by atoms with E-state index in [9.17, 15) is 4.79 Å². The van der Waals surface area contributed by atoms with Gasteiger partial charge in [-0.05, 0) is 23.6 Å². The Kier molecular flexibility index (Phi) is 7.11. The minimum atomic E-state index is -0.600. The molecule has 1 aromatic carbocycles. The smallest absolute Gasteiger partial charge is 0.235 e. The molecular formula is C21H27ClO. The summed E-state index contributed by atoms with van der Waals surface area (Å²) in [7, 11) is 0. The summed E-state index contributed by atoms with van der Waals surface area (Å²) in [6.07, 6.45) is 16.4. The number of halogens is 1. The van der Waals surface area contributed by atoms with Crippen molar-refractivity contribution in [1.29, 1.82) is 0 Å². The number of hydrogen-bond donors (Lipinski definition) is 0. The molecule has 0 heterocycles. The molecule has 1 aliphatic carbocycles. The highest BCUT2D eigenvalue weighted by Crippen LogP contribution is 2.38. The molecule has 1 nitrogen and oxygen atoms in total. The lowest BCUT2D eigenvalue weighted by Gasteiger charge is -2.27. The van der Waals surface area contributed by atoms with Gasteiger partial charge in [-0.3, -0.25) is 4.79 Å². The maximum atomic E-state index is 12.0. The monoisotopic (exact) mass is 330 g/mol. The van der Waals surface area contributed by atoms with Crippen molar-refractivity contribution in [2.45, 2.75) is 57.8 Å². The summed E-state index contributed by atoms with van der Waals surface area (Å²) in [5.41, 5.74) is 0.646. The Morgan fingerprint density at radius 2 is 1.61 bits per heavy atom. The first-order valence-electron chi connectivity index (χ1n) is 8.81. The van der Waals surface area contributed by atoms with E-state index in [-0.39, 0.29) is 11.2 Å². The van der Waals surface area contributed by atoms with E-state index in [4.69, 9.17) is 11.6 Å². The van der Waals surface area contributed by atoms with E-state index in [2.05, 4.69) is 31.2 Å². The maximum Gasteiger partial charge on any atom is 0.235 e.